The van der Waals surface area contributed by atoms with E-state index in [1.165, 1.54) is 6.92 Å². The first kappa shape index (κ1) is 17.7. The highest BCUT2D eigenvalue weighted by molar-refractivity contribution is 5.98. The third kappa shape index (κ3) is 3.47. The first-order valence-electron chi connectivity index (χ1n) is 8.61. The van der Waals surface area contributed by atoms with Crippen LogP contribution in [0.5, 0.6) is 0 Å². The van der Waals surface area contributed by atoms with Crippen LogP contribution >= 0.6 is 0 Å². The van der Waals surface area contributed by atoms with Gasteiger partial charge in [0.25, 0.3) is 5.91 Å². The Morgan fingerprint density at radius 2 is 2.00 bits per heavy atom. The minimum absolute atomic E-state index is 0.354. The highest BCUT2D eigenvalue weighted by Crippen LogP contribution is 2.38. The molecule has 6 nitrogen and oxygen atoms in total. The zero-order valence-corrected chi connectivity index (χ0v) is 15.1. The molecule has 1 amide bonds. The van der Waals surface area contributed by atoms with Gasteiger partial charge in [-0.2, -0.15) is 5.26 Å². The Bertz CT molecular complexity index is 904. The molecule has 3 rings (SSSR count). The molecule has 2 aromatic rings. The Morgan fingerprint density at radius 3 is 2.65 bits per heavy atom. The van der Waals surface area contributed by atoms with Crippen LogP contribution in [-0.2, 0) is 9.53 Å². The van der Waals surface area contributed by atoms with Gasteiger partial charge in [0, 0.05) is 17.4 Å². The molecule has 1 fully saturated rings. The Labute approximate surface area is 152 Å². The van der Waals surface area contributed by atoms with Gasteiger partial charge < -0.3 is 14.6 Å². The summed E-state index contributed by atoms with van der Waals surface area (Å²) in [6, 6.07) is 11.0. The number of esters is 1. The molecular formula is C20H21N3O3. The molecule has 1 unspecified atom stereocenters. The van der Waals surface area contributed by atoms with Crippen LogP contribution in [0, 0.1) is 25.2 Å². The summed E-state index contributed by atoms with van der Waals surface area (Å²) >= 11 is 0. The Kier molecular flexibility index (Phi) is 4.81. The largest absolute Gasteiger partial charge is 0.449 e. The van der Waals surface area contributed by atoms with Gasteiger partial charge in [-0.1, -0.05) is 12.1 Å². The summed E-state index contributed by atoms with van der Waals surface area (Å²) in [5, 5.41) is 11.7. The summed E-state index contributed by atoms with van der Waals surface area (Å²) in [5.74, 6) is -0.988. The maximum Gasteiger partial charge on any atom is 0.340 e. The number of ether oxygens (including phenoxy) is 1. The highest BCUT2D eigenvalue weighted by Gasteiger charge is 2.29. The van der Waals surface area contributed by atoms with Crippen molar-refractivity contribution in [2.24, 2.45) is 0 Å². The van der Waals surface area contributed by atoms with Crippen LogP contribution in [0.25, 0.3) is 0 Å². The molecule has 1 N–H and O–H groups in total. The molecule has 1 aliphatic rings. The maximum atomic E-state index is 12.5. The number of anilines is 1. The van der Waals surface area contributed by atoms with E-state index in [9.17, 15) is 9.59 Å². The van der Waals surface area contributed by atoms with Crippen LogP contribution in [0.2, 0.25) is 0 Å². The van der Waals surface area contributed by atoms with Crippen LogP contribution in [0.15, 0.2) is 30.3 Å². The number of aryl methyl sites for hydroxylation is 1. The van der Waals surface area contributed by atoms with Crippen molar-refractivity contribution in [3.63, 3.8) is 0 Å². The zero-order valence-electron chi connectivity index (χ0n) is 15.1. The molecule has 0 radical (unpaired) electrons. The number of nitrogens with zero attached hydrogens (tertiary/aromatic N) is 2. The first-order valence-corrected chi connectivity index (χ1v) is 8.61. The van der Waals surface area contributed by atoms with E-state index in [1.807, 2.05) is 26.0 Å². The number of carbonyl (C=O) groups excluding carboxylic acids is 2. The number of rotatable bonds is 5. The number of nitriles is 1. The fraction of sp³-hybridized carbons (Fsp3) is 0.350. The number of para-hydroxylation sites is 1. The number of benzene rings is 1. The lowest BCUT2D eigenvalue weighted by Gasteiger charge is -2.14. The minimum Gasteiger partial charge on any atom is -0.449 e. The van der Waals surface area contributed by atoms with Crippen LogP contribution in [-0.4, -0.2) is 22.5 Å². The Hall–Kier alpha value is -3.07. The smallest absolute Gasteiger partial charge is 0.340 e. The fourth-order valence-electron chi connectivity index (χ4n) is 3.08. The van der Waals surface area contributed by atoms with Gasteiger partial charge in [0.2, 0.25) is 0 Å². The number of carbonyl (C=O) groups is 2. The van der Waals surface area contributed by atoms with Gasteiger partial charge in [0.1, 0.15) is 6.07 Å². The van der Waals surface area contributed by atoms with Crippen LogP contribution < -0.4 is 5.32 Å². The van der Waals surface area contributed by atoms with Crippen molar-refractivity contribution < 1.29 is 14.3 Å². The average Bonchev–Trinajstić information content (AvgIpc) is 3.40. The van der Waals surface area contributed by atoms with Crippen molar-refractivity contribution in [1.82, 2.24) is 4.57 Å². The molecule has 6 heteroatoms. The number of hydrogen-bond acceptors (Lipinski definition) is 4. The predicted octanol–water partition coefficient (Wildman–Crippen LogP) is 3.50. The number of aromatic nitrogens is 1. The van der Waals surface area contributed by atoms with Crippen molar-refractivity contribution in [2.75, 3.05) is 5.32 Å². The topological polar surface area (TPSA) is 84.1 Å². The summed E-state index contributed by atoms with van der Waals surface area (Å²) in [5.41, 5.74) is 3.14. The van der Waals surface area contributed by atoms with Gasteiger partial charge in [-0.05, 0) is 51.8 Å². The second-order valence-electron chi connectivity index (χ2n) is 6.58. The zero-order chi connectivity index (χ0) is 18.8. The lowest BCUT2D eigenvalue weighted by Crippen LogP contribution is -2.30. The van der Waals surface area contributed by atoms with Crippen molar-refractivity contribution in [3.8, 4) is 6.07 Å². The van der Waals surface area contributed by atoms with E-state index in [1.54, 1.807) is 24.3 Å². The van der Waals surface area contributed by atoms with E-state index in [0.717, 1.165) is 24.2 Å². The lowest BCUT2D eigenvalue weighted by atomic mass is 10.2. The van der Waals surface area contributed by atoms with Gasteiger partial charge >= 0.3 is 5.97 Å². The number of nitrogens with one attached hydrogen (secondary N) is 1. The number of hydrogen-bond donors (Lipinski definition) is 1. The molecule has 0 spiro atoms. The molecule has 1 aliphatic carbocycles. The number of amides is 1. The van der Waals surface area contributed by atoms with E-state index in [-0.39, 0.29) is 0 Å². The van der Waals surface area contributed by atoms with Crippen LogP contribution in [0.1, 0.15) is 53.1 Å². The van der Waals surface area contributed by atoms with Gasteiger partial charge in [0.15, 0.2) is 6.10 Å². The standard InChI is InChI=1S/C20H21N3O3/c1-12-10-17(13(2)23(12)16-8-9-16)20(25)26-14(3)19(24)22-18-7-5-4-6-15(18)11-21/h4-7,10,14,16H,8-9H2,1-3H3,(H,22,24). The summed E-state index contributed by atoms with van der Waals surface area (Å²) in [7, 11) is 0. The predicted molar refractivity (Wildman–Crippen MR) is 96.8 cm³/mol. The molecule has 0 saturated heterocycles. The lowest BCUT2D eigenvalue weighted by molar-refractivity contribution is -0.123. The van der Waals surface area contributed by atoms with E-state index in [4.69, 9.17) is 10.00 Å². The summed E-state index contributed by atoms with van der Waals surface area (Å²) in [6.45, 7) is 5.38. The maximum absolute atomic E-state index is 12.5. The molecular weight excluding hydrogens is 330 g/mol. The van der Waals surface area contributed by atoms with Crippen LogP contribution in [0.4, 0.5) is 5.69 Å². The molecule has 1 aromatic heterocycles. The van der Waals surface area contributed by atoms with Gasteiger partial charge in [-0.15, -0.1) is 0 Å². The first-order chi connectivity index (χ1) is 12.4. The second-order valence-corrected chi connectivity index (χ2v) is 6.58. The third-order valence-electron chi connectivity index (χ3n) is 4.57. The Balaban J connectivity index is 1.68. The van der Waals surface area contributed by atoms with Gasteiger partial charge in [-0.25, -0.2) is 4.79 Å². The van der Waals surface area contributed by atoms with E-state index in [0.29, 0.717) is 22.9 Å². The van der Waals surface area contributed by atoms with E-state index in [2.05, 4.69) is 9.88 Å². The average molecular weight is 351 g/mol. The molecule has 1 heterocycles. The quantitative estimate of drug-likeness (QED) is 0.836. The van der Waals surface area contributed by atoms with Gasteiger partial charge in [-0.3, -0.25) is 4.79 Å². The Morgan fingerprint density at radius 1 is 1.31 bits per heavy atom. The van der Waals surface area contributed by atoms with E-state index < -0.39 is 18.0 Å². The van der Waals surface area contributed by atoms with Crippen molar-refractivity contribution >= 4 is 17.6 Å². The van der Waals surface area contributed by atoms with Crippen molar-refractivity contribution in [2.45, 2.75) is 45.8 Å². The normalized spacial score (nSPS) is 14.4. The molecule has 0 aliphatic heterocycles. The van der Waals surface area contributed by atoms with Crippen molar-refractivity contribution in [1.29, 1.82) is 5.26 Å². The molecule has 1 atom stereocenters. The molecule has 1 saturated carbocycles. The highest BCUT2D eigenvalue weighted by atomic mass is 16.5. The SMILES string of the molecule is Cc1cc(C(=O)OC(C)C(=O)Nc2ccccc2C#N)c(C)n1C1CC1. The molecule has 1 aromatic carbocycles. The molecule has 0 bridgehead atoms. The monoisotopic (exact) mass is 351 g/mol. The molecule has 134 valence electrons. The van der Waals surface area contributed by atoms with Gasteiger partial charge in [0.05, 0.1) is 16.8 Å². The molecule has 26 heavy (non-hydrogen) atoms. The van der Waals surface area contributed by atoms with Crippen LogP contribution in [0.3, 0.4) is 0 Å². The third-order valence-corrected chi connectivity index (χ3v) is 4.57. The van der Waals surface area contributed by atoms with E-state index >= 15 is 0 Å². The minimum atomic E-state index is -0.974. The summed E-state index contributed by atoms with van der Waals surface area (Å²) in [6.07, 6.45) is 1.28. The van der Waals surface area contributed by atoms with Crippen molar-refractivity contribution in [3.05, 3.63) is 52.8 Å². The summed E-state index contributed by atoms with van der Waals surface area (Å²) < 4.78 is 7.50. The summed E-state index contributed by atoms with van der Waals surface area (Å²) in [4.78, 5) is 24.8. The fourth-order valence-corrected chi connectivity index (χ4v) is 3.08. The second kappa shape index (κ2) is 7.04.